The molecule has 2 aromatic carbocycles. The Bertz CT molecular complexity index is 1060. The number of ether oxygens (including phenoxy) is 2. The molecule has 1 aliphatic rings. The number of methoxy groups -OCH3 is 1. The Kier molecular flexibility index (Phi) is 5.99. The number of esters is 1. The number of piperidine rings is 1. The van der Waals surface area contributed by atoms with Crippen LogP contribution in [0.3, 0.4) is 0 Å². The number of hydrogen-bond donors (Lipinski definition) is 2. The molecule has 1 saturated heterocycles. The van der Waals surface area contributed by atoms with Gasteiger partial charge in [-0.1, -0.05) is 30.3 Å². The smallest absolute Gasteiger partial charge is 0.338 e. The zero-order chi connectivity index (χ0) is 21.8. The van der Waals surface area contributed by atoms with Crippen molar-refractivity contribution in [3.05, 3.63) is 66.2 Å². The first-order valence-corrected chi connectivity index (χ1v) is 10.0. The highest BCUT2D eigenvalue weighted by atomic mass is 16.6. The Morgan fingerprint density at radius 2 is 1.84 bits per heavy atom. The summed E-state index contributed by atoms with van der Waals surface area (Å²) in [4.78, 5) is 14.6. The molecule has 8 heteroatoms. The van der Waals surface area contributed by atoms with E-state index in [1.165, 1.54) is 0 Å². The number of rotatable bonds is 5. The van der Waals surface area contributed by atoms with Crippen molar-refractivity contribution in [2.45, 2.75) is 18.6 Å². The van der Waals surface area contributed by atoms with Crippen LogP contribution >= 0.6 is 0 Å². The van der Waals surface area contributed by atoms with Gasteiger partial charge >= 0.3 is 5.97 Å². The van der Waals surface area contributed by atoms with Gasteiger partial charge in [-0.25, -0.2) is 4.79 Å². The molecule has 2 heterocycles. The summed E-state index contributed by atoms with van der Waals surface area (Å²) in [6.07, 6.45) is -0.0538. The lowest BCUT2D eigenvalue weighted by Crippen LogP contribution is -2.49. The molecule has 3 aromatic rings. The van der Waals surface area contributed by atoms with E-state index in [0.29, 0.717) is 42.0 Å². The van der Waals surface area contributed by atoms with Crippen molar-refractivity contribution in [3.8, 4) is 17.0 Å². The van der Waals surface area contributed by atoms with Gasteiger partial charge in [0.15, 0.2) is 5.82 Å². The molecular weight excluding hydrogens is 396 g/mol. The van der Waals surface area contributed by atoms with E-state index in [4.69, 9.17) is 15.2 Å². The van der Waals surface area contributed by atoms with Crippen LogP contribution in [0.2, 0.25) is 0 Å². The molecule has 0 saturated carbocycles. The highest BCUT2D eigenvalue weighted by molar-refractivity contribution is 5.89. The fraction of sp³-hybridized carbons (Fsp3) is 0.261. The van der Waals surface area contributed by atoms with Gasteiger partial charge in [0.25, 0.3) is 0 Å². The molecule has 0 bridgehead atoms. The van der Waals surface area contributed by atoms with Gasteiger partial charge in [-0.2, -0.15) is 0 Å². The summed E-state index contributed by atoms with van der Waals surface area (Å²) in [6.45, 7) is 1.04. The molecule has 31 heavy (non-hydrogen) atoms. The van der Waals surface area contributed by atoms with Crippen LogP contribution in [0.4, 0.5) is 11.5 Å². The molecule has 1 aromatic heterocycles. The van der Waals surface area contributed by atoms with Gasteiger partial charge in [0.2, 0.25) is 0 Å². The fourth-order valence-electron chi connectivity index (χ4n) is 3.74. The average molecular weight is 420 g/mol. The number of carbonyl (C=O) groups excluding carboxylic acids is 1. The summed E-state index contributed by atoms with van der Waals surface area (Å²) >= 11 is 0. The number of hydrogen-bond acceptors (Lipinski definition) is 8. The van der Waals surface area contributed by atoms with Crippen LogP contribution in [-0.2, 0) is 9.47 Å². The van der Waals surface area contributed by atoms with Crippen molar-refractivity contribution in [2.75, 3.05) is 30.8 Å². The third-order valence-corrected chi connectivity index (χ3v) is 5.39. The monoisotopic (exact) mass is 420 g/mol. The second-order valence-corrected chi connectivity index (χ2v) is 7.34. The van der Waals surface area contributed by atoms with Crippen molar-refractivity contribution < 1.29 is 19.4 Å². The van der Waals surface area contributed by atoms with Crippen molar-refractivity contribution in [2.24, 2.45) is 0 Å². The van der Waals surface area contributed by atoms with E-state index < -0.39 is 12.1 Å². The van der Waals surface area contributed by atoms with Crippen molar-refractivity contribution in [3.63, 3.8) is 0 Å². The zero-order valence-corrected chi connectivity index (χ0v) is 17.1. The molecular formula is C23H24N4O4. The lowest BCUT2D eigenvalue weighted by molar-refractivity contribution is -0.0425. The number of nitrogen functional groups attached to an aromatic ring is 1. The number of carbonyl (C=O) groups is 1. The third-order valence-electron chi connectivity index (χ3n) is 5.39. The van der Waals surface area contributed by atoms with Crippen molar-refractivity contribution in [1.29, 1.82) is 0 Å². The maximum absolute atomic E-state index is 12.6. The number of para-hydroxylation sites is 1. The molecule has 1 aliphatic heterocycles. The summed E-state index contributed by atoms with van der Waals surface area (Å²) < 4.78 is 11.4. The predicted octanol–water partition coefficient (Wildman–Crippen LogP) is 2.88. The number of nitrogens with zero attached hydrogens (tertiary/aromatic N) is 3. The van der Waals surface area contributed by atoms with Crippen molar-refractivity contribution >= 4 is 17.5 Å². The SMILES string of the molecule is COC1CCN(c2cc(-c3ccccc3O)nnc2N)CC1OC(=O)c1ccccc1. The molecule has 4 rings (SSSR count). The molecule has 0 spiro atoms. The predicted molar refractivity (Wildman–Crippen MR) is 117 cm³/mol. The quantitative estimate of drug-likeness (QED) is 0.606. The van der Waals surface area contributed by atoms with Crippen LogP contribution < -0.4 is 10.6 Å². The number of phenolic OH excluding ortho intramolecular Hbond substituents is 1. The second-order valence-electron chi connectivity index (χ2n) is 7.34. The van der Waals surface area contributed by atoms with Gasteiger partial charge in [-0.05, 0) is 36.8 Å². The van der Waals surface area contributed by atoms with E-state index >= 15 is 0 Å². The van der Waals surface area contributed by atoms with Crippen LogP contribution in [0, 0.1) is 0 Å². The molecule has 8 nitrogen and oxygen atoms in total. The van der Waals surface area contributed by atoms with Gasteiger partial charge in [0.1, 0.15) is 11.9 Å². The van der Waals surface area contributed by atoms with Crippen LogP contribution in [0.1, 0.15) is 16.8 Å². The minimum Gasteiger partial charge on any atom is -0.507 e. The van der Waals surface area contributed by atoms with Crippen LogP contribution in [-0.4, -0.2) is 53.7 Å². The minimum absolute atomic E-state index is 0.111. The largest absolute Gasteiger partial charge is 0.507 e. The van der Waals surface area contributed by atoms with E-state index in [1.807, 2.05) is 17.0 Å². The molecule has 2 unspecified atom stereocenters. The number of anilines is 2. The summed E-state index contributed by atoms with van der Waals surface area (Å²) in [6, 6.07) is 17.6. The molecule has 160 valence electrons. The Labute approximate surface area is 180 Å². The molecule has 1 fully saturated rings. The number of aromatic nitrogens is 2. The highest BCUT2D eigenvalue weighted by Gasteiger charge is 2.33. The summed E-state index contributed by atoms with van der Waals surface area (Å²) in [5, 5.41) is 18.4. The normalized spacial score (nSPS) is 18.5. The molecule has 0 amide bonds. The van der Waals surface area contributed by atoms with Crippen LogP contribution in [0.5, 0.6) is 5.75 Å². The summed E-state index contributed by atoms with van der Waals surface area (Å²) in [7, 11) is 1.61. The molecule has 2 atom stereocenters. The van der Waals surface area contributed by atoms with Gasteiger partial charge in [0.05, 0.1) is 29.6 Å². The Balaban J connectivity index is 1.58. The Morgan fingerprint density at radius 3 is 2.58 bits per heavy atom. The van der Waals surface area contributed by atoms with Gasteiger partial charge in [-0.3, -0.25) is 0 Å². The van der Waals surface area contributed by atoms with Gasteiger partial charge < -0.3 is 25.2 Å². The topological polar surface area (TPSA) is 111 Å². The molecule has 0 aliphatic carbocycles. The van der Waals surface area contributed by atoms with Crippen LogP contribution in [0.15, 0.2) is 60.7 Å². The first-order chi connectivity index (χ1) is 15.1. The Morgan fingerprint density at radius 1 is 1.10 bits per heavy atom. The second kappa shape index (κ2) is 9.01. The fourth-order valence-corrected chi connectivity index (χ4v) is 3.74. The van der Waals surface area contributed by atoms with E-state index in [9.17, 15) is 9.90 Å². The van der Waals surface area contributed by atoms with Crippen LogP contribution in [0.25, 0.3) is 11.3 Å². The summed E-state index contributed by atoms with van der Waals surface area (Å²) in [5.74, 6) is -0.0197. The summed E-state index contributed by atoms with van der Waals surface area (Å²) in [5.41, 5.74) is 8.36. The first kappa shape index (κ1) is 20.6. The number of benzene rings is 2. The van der Waals surface area contributed by atoms with E-state index in [2.05, 4.69) is 10.2 Å². The maximum atomic E-state index is 12.6. The van der Waals surface area contributed by atoms with E-state index in [1.54, 1.807) is 55.6 Å². The van der Waals surface area contributed by atoms with E-state index in [-0.39, 0.29) is 17.7 Å². The standard InChI is InChI=1S/C23H24N4O4/c1-30-20-11-12-27(14-21(20)31-23(29)15-7-3-2-4-8-15)18-13-17(25-26-22(18)24)16-9-5-6-10-19(16)28/h2-10,13,20-21,28H,11-12,14H2,1H3,(H2,24,26). The maximum Gasteiger partial charge on any atom is 0.338 e. The van der Waals surface area contributed by atoms with Gasteiger partial charge in [-0.15, -0.1) is 10.2 Å². The molecule has 0 radical (unpaired) electrons. The average Bonchev–Trinajstić information content (AvgIpc) is 2.80. The Hall–Kier alpha value is -3.65. The third kappa shape index (κ3) is 4.44. The number of aromatic hydroxyl groups is 1. The lowest BCUT2D eigenvalue weighted by atomic mass is 10.0. The highest BCUT2D eigenvalue weighted by Crippen LogP contribution is 2.33. The van der Waals surface area contributed by atoms with Gasteiger partial charge in [0, 0.05) is 19.2 Å². The molecule has 3 N–H and O–H groups in total. The zero-order valence-electron chi connectivity index (χ0n) is 17.1. The minimum atomic E-state index is -0.479. The van der Waals surface area contributed by atoms with Crippen molar-refractivity contribution in [1.82, 2.24) is 10.2 Å². The van der Waals surface area contributed by atoms with E-state index in [0.717, 1.165) is 0 Å². The number of phenols is 1. The first-order valence-electron chi connectivity index (χ1n) is 10.0. The number of nitrogens with two attached hydrogens (primary N) is 1. The lowest BCUT2D eigenvalue weighted by Gasteiger charge is -2.38.